The van der Waals surface area contributed by atoms with Crippen LogP contribution < -0.4 is 5.32 Å². The van der Waals surface area contributed by atoms with Gasteiger partial charge in [0.1, 0.15) is 0 Å². The minimum absolute atomic E-state index is 0.0846. The van der Waals surface area contributed by atoms with Gasteiger partial charge < -0.3 is 14.6 Å². The van der Waals surface area contributed by atoms with Gasteiger partial charge in [-0.15, -0.1) is 0 Å². The first kappa shape index (κ1) is 24.8. The molecule has 10 heteroatoms. The maximum absolute atomic E-state index is 12.8. The third-order valence-corrected chi connectivity index (χ3v) is 5.99. The first-order valence-corrected chi connectivity index (χ1v) is 11.3. The molecule has 2 aromatic carbocycles. The van der Waals surface area contributed by atoms with Crippen LogP contribution >= 0.6 is 0 Å². The van der Waals surface area contributed by atoms with E-state index in [1.165, 1.54) is 19.2 Å². The molecule has 0 aliphatic carbocycles. The molecule has 0 saturated carbocycles. The Labute approximate surface area is 208 Å². The lowest BCUT2D eigenvalue weighted by Gasteiger charge is -2.29. The highest BCUT2D eigenvalue weighted by Crippen LogP contribution is 2.43. The number of dihydropyridines is 1. The number of nitrogens with one attached hydrogen (secondary N) is 1. The van der Waals surface area contributed by atoms with Crippen molar-refractivity contribution in [1.82, 2.24) is 20.4 Å². The summed E-state index contributed by atoms with van der Waals surface area (Å²) in [5.41, 5.74) is 3.78. The van der Waals surface area contributed by atoms with Crippen molar-refractivity contribution >= 4 is 17.2 Å². The van der Waals surface area contributed by atoms with Gasteiger partial charge >= 0.3 is 5.97 Å². The zero-order valence-electron chi connectivity index (χ0n) is 20.5. The standard InChI is InChI=1S/C26H27N5O5/c1-16-22(25-28-21(29-36-25)15-30(3)14-18-9-6-5-7-10-18)24(23(17(2)27-16)26(32)35-4)19-11-8-12-20(13-19)31(33)34/h5-13,24,27H,14-15H2,1-4H3/t24-/m1/s1. The number of nitrogens with zero attached hydrogens (tertiary/aromatic N) is 4. The van der Waals surface area contributed by atoms with Gasteiger partial charge in [-0.3, -0.25) is 15.0 Å². The second-order valence-corrected chi connectivity index (χ2v) is 8.65. The topological polar surface area (TPSA) is 124 Å². The molecule has 1 aliphatic heterocycles. The summed E-state index contributed by atoms with van der Waals surface area (Å²) in [6.45, 7) is 4.74. The largest absolute Gasteiger partial charge is 0.466 e. The van der Waals surface area contributed by atoms with Gasteiger partial charge in [0.25, 0.3) is 11.6 Å². The zero-order valence-corrected chi connectivity index (χ0v) is 20.5. The molecule has 4 rings (SSSR count). The Bertz CT molecular complexity index is 1350. The van der Waals surface area contributed by atoms with Crippen LogP contribution in [0.4, 0.5) is 5.69 Å². The number of esters is 1. The van der Waals surface area contributed by atoms with Crippen LogP contribution in [0.2, 0.25) is 0 Å². The van der Waals surface area contributed by atoms with Crippen molar-refractivity contribution < 1.29 is 19.0 Å². The predicted molar refractivity (Wildman–Crippen MR) is 132 cm³/mol. The quantitative estimate of drug-likeness (QED) is 0.282. The van der Waals surface area contributed by atoms with Crippen molar-refractivity contribution in [3.63, 3.8) is 0 Å². The van der Waals surface area contributed by atoms with Crippen molar-refractivity contribution in [2.75, 3.05) is 14.2 Å². The van der Waals surface area contributed by atoms with E-state index in [4.69, 9.17) is 9.26 Å². The summed E-state index contributed by atoms with van der Waals surface area (Å²) in [5.74, 6) is -0.543. The van der Waals surface area contributed by atoms with Gasteiger partial charge in [-0.05, 0) is 32.0 Å². The smallest absolute Gasteiger partial charge is 0.336 e. The molecule has 0 fully saturated rings. The van der Waals surface area contributed by atoms with E-state index in [-0.39, 0.29) is 11.6 Å². The molecule has 1 N–H and O–H groups in total. The van der Waals surface area contributed by atoms with Crippen LogP contribution in [0.1, 0.15) is 42.6 Å². The van der Waals surface area contributed by atoms with Gasteiger partial charge in [0, 0.05) is 35.6 Å². The second kappa shape index (κ2) is 10.5. The van der Waals surface area contributed by atoms with E-state index in [0.29, 0.717) is 47.0 Å². The summed E-state index contributed by atoms with van der Waals surface area (Å²) in [6, 6.07) is 16.2. The minimum Gasteiger partial charge on any atom is -0.466 e. The molecule has 1 atom stereocenters. The second-order valence-electron chi connectivity index (χ2n) is 8.65. The fourth-order valence-electron chi connectivity index (χ4n) is 4.43. The Morgan fingerprint density at radius 1 is 1.14 bits per heavy atom. The molecular weight excluding hydrogens is 462 g/mol. The molecule has 2 heterocycles. The number of allylic oxidation sites excluding steroid dienone is 3. The number of methoxy groups -OCH3 is 1. The number of carbonyl (C=O) groups excluding carboxylic acids is 1. The van der Waals surface area contributed by atoms with Crippen molar-refractivity contribution in [2.24, 2.45) is 0 Å². The number of nitro benzene ring substituents is 1. The molecule has 0 spiro atoms. The van der Waals surface area contributed by atoms with Crippen LogP contribution in [0.3, 0.4) is 0 Å². The van der Waals surface area contributed by atoms with E-state index in [0.717, 1.165) is 5.56 Å². The summed E-state index contributed by atoms with van der Waals surface area (Å²) >= 11 is 0. The van der Waals surface area contributed by atoms with Gasteiger partial charge in [0.15, 0.2) is 5.82 Å². The Balaban J connectivity index is 1.70. The monoisotopic (exact) mass is 489 g/mol. The van der Waals surface area contributed by atoms with Gasteiger partial charge in [-0.2, -0.15) is 4.98 Å². The number of hydrogen-bond donors (Lipinski definition) is 1. The lowest BCUT2D eigenvalue weighted by atomic mass is 9.80. The van der Waals surface area contributed by atoms with Crippen LogP contribution in [-0.4, -0.2) is 40.1 Å². The van der Waals surface area contributed by atoms with Crippen LogP contribution in [0, 0.1) is 10.1 Å². The maximum Gasteiger partial charge on any atom is 0.336 e. The Hall–Kier alpha value is -4.31. The predicted octanol–water partition coefficient (Wildman–Crippen LogP) is 4.17. The summed E-state index contributed by atoms with van der Waals surface area (Å²) < 4.78 is 10.7. The number of hydrogen-bond acceptors (Lipinski definition) is 9. The van der Waals surface area contributed by atoms with Crippen LogP contribution in [0.25, 0.3) is 5.57 Å². The maximum atomic E-state index is 12.8. The van der Waals surface area contributed by atoms with Crippen molar-refractivity contribution in [2.45, 2.75) is 32.9 Å². The summed E-state index contributed by atoms with van der Waals surface area (Å²) in [6.07, 6.45) is 0. The van der Waals surface area contributed by atoms with E-state index in [1.54, 1.807) is 19.1 Å². The highest BCUT2D eigenvalue weighted by Gasteiger charge is 2.37. The molecule has 0 saturated heterocycles. The third-order valence-electron chi connectivity index (χ3n) is 5.99. The summed E-state index contributed by atoms with van der Waals surface area (Å²) in [7, 11) is 3.26. The van der Waals surface area contributed by atoms with Gasteiger partial charge in [-0.25, -0.2) is 4.79 Å². The van der Waals surface area contributed by atoms with Crippen LogP contribution in [0.5, 0.6) is 0 Å². The highest BCUT2D eigenvalue weighted by molar-refractivity contribution is 5.96. The third kappa shape index (κ3) is 5.18. The van der Waals surface area contributed by atoms with E-state index in [2.05, 4.69) is 20.4 Å². The molecule has 0 unspecified atom stereocenters. The number of ether oxygens (including phenoxy) is 1. The normalized spacial score (nSPS) is 15.8. The van der Waals surface area contributed by atoms with Gasteiger partial charge in [0.05, 0.1) is 30.1 Å². The minimum atomic E-state index is -0.700. The van der Waals surface area contributed by atoms with Gasteiger partial charge in [-0.1, -0.05) is 47.6 Å². The molecule has 0 radical (unpaired) electrons. The molecule has 0 bridgehead atoms. The van der Waals surface area contributed by atoms with E-state index >= 15 is 0 Å². The zero-order chi connectivity index (χ0) is 25.8. The van der Waals surface area contributed by atoms with Gasteiger partial charge in [0.2, 0.25) is 0 Å². The van der Waals surface area contributed by atoms with Crippen molar-refractivity contribution in [3.8, 4) is 0 Å². The SMILES string of the molecule is COC(=O)C1=C(C)NC(C)=C(c2nc(CN(C)Cc3ccccc3)no2)[C@H]1c1cccc([N+](=O)[O-])c1. The molecule has 1 aromatic heterocycles. The average molecular weight is 490 g/mol. The molecule has 0 amide bonds. The number of carbonyl (C=O) groups is 1. The van der Waals surface area contributed by atoms with Crippen LogP contribution in [0.15, 0.2) is 76.1 Å². The Morgan fingerprint density at radius 3 is 2.58 bits per heavy atom. The number of rotatable bonds is 8. The fourth-order valence-corrected chi connectivity index (χ4v) is 4.43. The van der Waals surface area contributed by atoms with E-state index in [9.17, 15) is 14.9 Å². The summed E-state index contributed by atoms with van der Waals surface area (Å²) in [4.78, 5) is 30.5. The molecule has 1 aliphatic rings. The average Bonchev–Trinajstić information content (AvgIpc) is 3.31. The van der Waals surface area contributed by atoms with E-state index in [1.807, 2.05) is 44.3 Å². The Morgan fingerprint density at radius 2 is 1.89 bits per heavy atom. The number of nitro groups is 1. The Kier molecular flexibility index (Phi) is 7.25. The highest BCUT2D eigenvalue weighted by atomic mass is 16.6. The first-order valence-electron chi connectivity index (χ1n) is 11.3. The first-order chi connectivity index (χ1) is 17.3. The summed E-state index contributed by atoms with van der Waals surface area (Å²) in [5, 5.41) is 18.8. The van der Waals surface area contributed by atoms with E-state index < -0.39 is 16.8 Å². The molecule has 10 nitrogen and oxygen atoms in total. The van der Waals surface area contributed by atoms with Crippen LogP contribution in [-0.2, 0) is 22.6 Å². The van der Waals surface area contributed by atoms with Crippen molar-refractivity contribution in [1.29, 1.82) is 0 Å². The fraction of sp³-hybridized carbons (Fsp3) is 0.269. The molecule has 3 aromatic rings. The number of benzene rings is 2. The van der Waals surface area contributed by atoms with Crippen molar-refractivity contribution in [3.05, 3.63) is 105 Å². The molecular formula is C26H27N5O5. The lowest BCUT2D eigenvalue weighted by Crippen LogP contribution is -2.28. The number of aromatic nitrogens is 2. The lowest BCUT2D eigenvalue weighted by molar-refractivity contribution is -0.384. The molecule has 186 valence electrons. The molecule has 36 heavy (non-hydrogen) atoms. The number of non-ortho nitro benzene ring substituents is 1.